The molecule has 0 radical (unpaired) electrons. The summed E-state index contributed by atoms with van der Waals surface area (Å²) < 4.78 is 17.7. The summed E-state index contributed by atoms with van der Waals surface area (Å²) in [6.07, 6.45) is 66.1. The molecule has 0 aliphatic carbocycles. The van der Waals surface area contributed by atoms with Crippen LogP contribution in [0.2, 0.25) is 0 Å². The smallest absolute Gasteiger partial charge is 0.306 e. The lowest BCUT2D eigenvalue weighted by molar-refractivity contribution is -0.305. The van der Waals surface area contributed by atoms with Gasteiger partial charge in [0.2, 0.25) is 5.91 Å². The molecule has 8 atom stereocenters. The van der Waals surface area contributed by atoms with E-state index in [9.17, 15) is 35.1 Å². The summed E-state index contributed by atoms with van der Waals surface area (Å²) in [5.41, 5.74) is 0. The van der Waals surface area contributed by atoms with E-state index >= 15 is 0 Å². The highest BCUT2D eigenvalue weighted by molar-refractivity contribution is 5.80. The van der Waals surface area contributed by atoms with Crippen molar-refractivity contribution in [3.05, 3.63) is 36.5 Å². The van der Waals surface area contributed by atoms with E-state index in [2.05, 4.69) is 50.4 Å². The molecule has 0 aromatic carbocycles. The summed E-state index contributed by atoms with van der Waals surface area (Å²) in [6.45, 7) is 5.83. The Hall–Kier alpha value is -2.12. The summed E-state index contributed by atoms with van der Waals surface area (Å²) in [5, 5.41) is 57.3. The number of amides is 1. The molecule has 1 amide bonds. The average Bonchev–Trinajstić information content (AvgIpc) is 2.48. The molecular formula is C74H139NO10. The van der Waals surface area contributed by atoms with Gasteiger partial charge in [-0.1, -0.05) is 333 Å². The second kappa shape index (κ2) is 62.1. The first-order valence-electron chi connectivity index (χ1n) is 36.8. The predicted octanol–water partition coefficient (Wildman–Crippen LogP) is 19.0. The van der Waals surface area contributed by atoms with Crippen LogP contribution in [0, 0.1) is 0 Å². The summed E-state index contributed by atoms with van der Waals surface area (Å²) in [5.74, 6) is -1.18. The fourth-order valence-electron chi connectivity index (χ4n) is 11.7. The third-order valence-corrected chi connectivity index (χ3v) is 17.5. The zero-order valence-electron chi connectivity index (χ0n) is 55.8. The van der Waals surface area contributed by atoms with E-state index in [1.54, 1.807) is 6.08 Å². The maximum absolute atomic E-state index is 13.5. The van der Waals surface area contributed by atoms with Gasteiger partial charge in [0.15, 0.2) is 12.4 Å². The van der Waals surface area contributed by atoms with Crippen molar-refractivity contribution in [1.29, 1.82) is 0 Å². The SMILES string of the molecule is CCCCC/C=C\C/C=C\CCCCCCCCCCCCCC(=O)OC1C(OCC(NC(=O)C(O)CCCCCCCCCCCCCCCCCCCCCCCC)C(O)/C=C/CCCCCCCCCCCCC)OC(CO)C(O)C1O. The number of rotatable bonds is 64. The van der Waals surface area contributed by atoms with Gasteiger partial charge >= 0.3 is 5.97 Å². The van der Waals surface area contributed by atoms with Crippen molar-refractivity contribution in [2.75, 3.05) is 13.2 Å². The van der Waals surface area contributed by atoms with E-state index in [1.807, 2.05) is 6.08 Å². The molecule has 6 N–H and O–H groups in total. The van der Waals surface area contributed by atoms with Crippen LogP contribution in [-0.2, 0) is 23.8 Å². The number of hydrogen-bond donors (Lipinski definition) is 6. The van der Waals surface area contributed by atoms with Crippen LogP contribution in [0.25, 0.3) is 0 Å². The van der Waals surface area contributed by atoms with Crippen molar-refractivity contribution in [3.8, 4) is 0 Å². The molecule has 0 aromatic heterocycles. The first-order chi connectivity index (χ1) is 41.7. The molecule has 1 saturated heterocycles. The second-order valence-corrected chi connectivity index (χ2v) is 25.7. The topological polar surface area (TPSA) is 175 Å². The third-order valence-electron chi connectivity index (χ3n) is 17.5. The minimum absolute atomic E-state index is 0.124. The summed E-state index contributed by atoms with van der Waals surface area (Å²) in [7, 11) is 0. The van der Waals surface area contributed by atoms with Gasteiger partial charge in [-0.3, -0.25) is 9.59 Å². The minimum atomic E-state index is -1.61. The minimum Gasteiger partial charge on any atom is -0.454 e. The molecule has 85 heavy (non-hydrogen) atoms. The fourth-order valence-corrected chi connectivity index (χ4v) is 11.7. The summed E-state index contributed by atoms with van der Waals surface area (Å²) >= 11 is 0. The van der Waals surface area contributed by atoms with Crippen LogP contribution >= 0.6 is 0 Å². The molecule has 1 aliphatic rings. The number of hydrogen-bond acceptors (Lipinski definition) is 10. The van der Waals surface area contributed by atoms with E-state index in [0.717, 1.165) is 64.2 Å². The van der Waals surface area contributed by atoms with Gasteiger partial charge in [0, 0.05) is 6.42 Å². The molecule has 8 unspecified atom stereocenters. The molecule has 0 aromatic rings. The molecule has 11 nitrogen and oxygen atoms in total. The van der Waals surface area contributed by atoms with Crippen molar-refractivity contribution >= 4 is 11.9 Å². The molecule has 1 rings (SSSR count). The number of aliphatic hydroxyl groups excluding tert-OH is 5. The molecule has 0 saturated carbocycles. The standard InChI is InChI=1S/C74H139NO10/c1-4-7-10-13-16-19-22-25-27-29-31-33-35-36-38-40-43-46-49-52-55-58-61-67(78)73(82)75-65(66(77)60-57-54-51-48-45-42-24-21-18-15-12-9-6-3)64-83-74-72(71(81)70(80)68(63-76)84-74)85-69(79)62-59-56-53-50-47-44-41-39-37-34-32-30-28-26-23-20-17-14-11-8-5-2/h17,20,26,28,57,60,65-68,70-72,74,76-78,80-81H,4-16,18-19,21-25,27,29-56,58-59,61-64H2,1-3H3,(H,75,82)/b20-17-,28-26-,60-57+. The second-order valence-electron chi connectivity index (χ2n) is 25.7. The van der Waals surface area contributed by atoms with Crippen molar-refractivity contribution in [2.24, 2.45) is 0 Å². The monoisotopic (exact) mass is 1200 g/mol. The number of carbonyl (C=O) groups excluding carboxylic acids is 2. The molecular weight excluding hydrogens is 1060 g/mol. The Balaban J connectivity index is 2.57. The average molecular weight is 1200 g/mol. The molecule has 1 aliphatic heterocycles. The molecule has 1 fully saturated rings. The van der Waals surface area contributed by atoms with Gasteiger partial charge in [0.25, 0.3) is 0 Å². The Labute approximate surface area is 523 Å². The van der Waals surface area contributed by atoms with Crippen molar-refractivity contribution in [1.82, 2.24) is 5.32 Å². The lowest BCUT2D eigenvalue weighted by Crippen LogP contribution is -2.61. The molecule has 0 bridgehead atoms. The number of ether oxygens (including phenoxy) is 3. The Bertz CT molecular complexity index is 1520. The number of nitrogens with one attached hydrogen (secondary N) is 1. The first kappa shape index (κ1) is 80.9. The number of unbranched alkanes of at least 4 members (excludes halogenated alkanes) is 46. The lowest BCUT2D eigenvalue weighted by atomic mass is 9.99. The van der Waals surface area contributed by atoms with Crippen LogP contribution in [0.1, 0.15) is 361 Å². The number of allylic oxidation sites excluding steroid dienone is 5. The first-order valence-corrected chi connectivity index (χ1v) is 36.8. The normalized spacial score (nSPS) is 18.5. The van der Waals surface area contributed by atoms with E-state index in [4.69, 9.17) is 14.2 Å². The van der Waals surface area contributed by atoms with Gasteiger partial charge in [-0.2, -0.15) is 0 Å². The lowest BCUT2D eigenvalue weighted by Gasteiger charge is -2.41. The Morgan fingerprint density at radius 1 is 0.459 bits per heavy atom. The van der Waals surface area contributed by atoms with E-state index in [1.165, 1.54) is 250 Å². The predicted molar refractivity (Wildman–Crippen MR) is 357 cm³/mol. The Morgan fingerprint density at radius 2 is 0.812 bits per heavy atom. The van der Waals surface area contributed by atoms with Gasteiger partial charge in [0.1, 0.15) is 24.4 Å². The summed E-state index contributed by atoms with van der Waals surface area (Å²) in [6, 6.07) is -1.02. The third kappa shape index (κ3) is 49.4. The van der Waals surface area contributed by atoms with Gasteiger partial charge in [0.05, 0.1) is 25.4 Å². The molecule has 1 heterocycles. The fraction of sp³-hybridized carbons (Fsp3) is 0.892. The quantitative estimate of drug-likeness (QED) is 0.0195. The molecule has 11 heteroatoms. The van der Waals surface area contributed by atoms with Crippen molar-refractivity contribution in [3.63, 3.8) is 0 Å². The van der Waals surface area contributed by atoms with E-state index in [-0.39, 0.29) is 13.0 Å². The van der Waals surface area contributed by atoms with Crippen LogP contribution in [0.3, 0.4) is 0 Å². The zero-order valence-corrected chi connectivity index (χ0v) is 55.8. The van der Waals surface area contributed by atoms with Crippen LogP contribution in [0.5, 0.6) is 0 Å². The van der Waals surface area contributed by atoms with Gasteiger partial charge in [-0.05, 0) is 57.8 Å². The van der Waals surface area contributed by atoms with Gasteiger partial charge < -0.3 is 45.1 Å². The summed E-state index contributed by atoms with van der Waals surface area (Å²) in [4.78, 5) is 26.7. The van der Waals surface area contributed by atoms with Gasteiger partial charge in [-0.25, -0.2) is 0 Å². The van der Waals surface area contributed by atoms with Crippen LogP contribution in [0.15, 0.2) is 36.5 Å². The van der Waals surface area contributed by atoms with E-state index < -0.39 is 67.4 Å². The molecule has 0 spiro atoms. The van der Waals surface area contributed by atoms with Crippen LogP contribution in [0.4, 0.5) is 0 Å². The highest BCUT2D eigenvalue weighted by atomic mass is 16.7. The van der Waals surface area contributed by atoms with Gasteiger partial charge in [-0.15, -0.1) is 0 Å². The van der Waals surface area contributed by atoms with Crippen LogP contribution < -0.4 is 5.32 Å². The van der Waals surface area contributed by atoms with E-state index in [0.29, 0.717) is 19.3 Å². The molecule has 500 valence electrons. The Kier molecular flexibility index (Phi) is 59.1. The van der Waals surface area contributed by atoms with Crippen LogP contribution in [-0.4, -0.2) is 99.6 Å². The van der Waals surface area contributed by atoms with Crippen molar-refractivity contribution in [2.45, 2.75) is 410 Å². The largest absolute Gasteiger partial charge is 0.454 e. The Morgan fingerprint density at radius 3 is 1.22 bits per heavy atom. The highest BCUT2D eigenvalue weighted by Crippen LogP contribution is 2.27. The maximum Gasteiger partial charge on any atom is 0.306 e. The number of esters is 1. The zero-order chi connectivity index (χ0) is 61.7. The maximum atomic E-state index is 13.5. The van der Waals surface area contributed by atoms with Crippen molar-refractivity contribution < 1.29 is 49.3 Å². The highest BCUT2D eigenvalue weighted by Gasteiger charge is 2.47. The number of carbonyl (C=O) groups is 2. The number of aliphatic hydroxyl groups is 5.